The molecule has 0 spiro atoms. The zero-order valence-corrected chi connectivity index (χ0v) is 14.1. The van der Waals surface area contributed by atoms with Crippen LogP contribution in [0.1, 0.15) is 11.1 Å². The highest BCUT2D eigenvalue weighted by molar-refractivity contribution is 9.10. The first-order valence-electron chi connectivity index (χ1n) is 6.37. The van der Waals surface area contributed by atoms with Gasteiger partial charge in [0.2, 0.25) is 0 Å². The van der Waals surface area contributed by atoms with Crippen LogP contribution in [0.15, 0.2) is 46.9 Å². The highest BCUT2D eigenvalue weighted by atomic mass is 79.9. The lowest BCUT2D eigenvalue weighted by atomic mass is 9.92. The fraction of sp³-hybridized carbons (Fsp3) is 0.188. The predicted octanol–water partition coefficient (Wildman–Crippen LogP) is 5.24. The smallest absolute Gasteiger partial charge is 0.307 e. The Labute approximate surface area is 141 Å². The first kappa shape index (κ1) is 16.3. The number of carbonyl (C=O) groups is 1. The standard InChI is InChI=1S/C16H13BrCl2O2/c17-12-4-1-3-10(8-12)7-11(16(20)21)9-13-14(18)5-2-6-15(13)19/h1-6,8,11H,7,9H2,(H,20,21). The molecule has 21 heavy (non-hydrogen) atoms. The molecule has 0 aliphatic carbocycles. The van der Waals surface area contributed by atoms with Crippen LogP contribution in [0.4, 0.5) is 0 Å². The van der Waals surface area contributed by atoms with Crippen molar-refractivity contribution in [2.24, 2.45) is 5.92 Å². The molecule has 0 heterocycles. The summed E-state index contributed by atoms with van der Waals surface area (Å²) in [4.78, 5) is 11.5. The number of benzene rings is 2. The zero-order chi connectivity index (χ0) is 15.4. The summed E-state index contributed by atoms with van der Waals surface area (Å²) in [7, 11) is 0. The molecule has 2 aromatic carbocycles. The average Bonchev–Trinajstić information content (AvgIpc) is 2.41. The van der Waals surface area contributed by atoms with Crippen molar-refractivity contribution in [1.82, 2.24) is 0 Å². The molecule has 0 amide bonds. The summed E-state index contributed by atoms with van der Waals surface area (Å²) in [6, 6.07) is 12.8. The SMILES string of the molecule is O=C(O)C(Cc1cccc(Br)c1)Cc1c(Cl)cccc1Cl. The van der Waals surface area contributed by atoms with Crippen LogP contribution in [0.3, 0.4) is 0 Å². The maximum atomic E-state index is 11.5. The van der Waals surface area contributed by atoms with Crippen molar-refractivity contribution in [2.45, 2.75) is 12.8 Å². The third-order valence-corrected chi connectivity index (χ3v) is 4.43. The molecule has 2 rings (SSSR count). The van der Waals surface area contributed by atoms with Gasteiger partial charge in [0.15, 0.2) is 0 Å². The van der Waals surface area contributed by atoms with Gasteiger partial charge in [-0.25, -0.2) is 0 Å². The van der Waals surface area contributed by atoms with Gasteiger partial charge in [-0.15, -0.1) is 0 Å². The van der Waals surface area contributed by atoms with E-state index in [9.17, 15) is 9.90 Å². The van der Waals surface area contributed by atoms with E-state index in [1.54, 1.807) is 18.2 Å². The van der Waals surface area contributed by atoms with E-state index in [4.69, 9.17) is 23.2 Å². The van der Waals surface area contributed by atoms with Crippen LogP contribution in [0.25, 0.3) is 0 Å². The summed E-state index contributed by atoms with van der Waals surface area (Å²) < 4.78 is 0.930. The van der Waals surface area contributed by atoms with Gasteiger partial charge < -0.3 is 5.11 Å². The molecule has 0 aliphatic heterocycles. The van der Waals surface area contributed by atoms with E-state index in [-0.39, 0.29) is 0 Å². The molecule has 0 aromatic heterocycles. The Kier molecular flexibility index (Phi) is 5.68. The molecule has 1 atom stereocenters. The van der Waals surface area contributed by atoms with Crippen molar-refractivity contribution in [3.63, 3.8) is 0 Å². The molecule has 2 aromatic rings. The van der Waals surface area contributed by atoms with E-state index < -0.39 is 11.9 Å². The Morgan fingerprint density at radius 3 is 2.29 bits per heavy atom. The average molecular weight is 388 g/mol. The normalized spacial score (nSPS) is 12.1. The van der Waals surface area contributed by atoms with Gasteiger partial charge in [0.25, 0.3) is 0 Å². The lowest BCUT2D eigenvalue weighted by Gasteiger charge is -2.15. The molecule has 1 unspecified atom stereocenters. The maximum Gasteiger partial charge on any atom is 0.307 e. The molecule has 1 N–H and O–H groups in total. The molecular formula is C16H13BrCl2O2. The fourth-order valence-electron chi connectivity index (χ4n) is 2.17. The third kappa shape index (κ3) is 4.47. The molecule has 0 radical (unpaired) electrons. The summed E-state index contributed by atoms with van der Waals surface area (Å²) >= 11 is 15.6. The van der Waals surface area contributed by atoms with Crippen LogP contribution in [0.5, 0.6) is 0 Å². The minimum Gasteiger partial charge on any atom is -0.481 e. The minimum atomic E-state index is -0.856. The zero-order valence-electron chi connectivity index (χ0n) is 11.0. The topological polar surface area (TPSA) is 37.3 Å². The molecular weight excluding hydrogens is 375 g/mol. The van der Waals surface area contributed by atoms with E-state index in [0.29, 0.717) is 28.5 Å². The lowest BCUT2D eigenvalue weighted by molar-refractivity contribution is -0.141. The van der Waals surface area contributed by atoms with Crippen molar-refractivity contribution in [3.05, 3.63) is 68.1 Å². The van der Waals surface area contributed by atoms with E-state index in [1.807, 2.05) is 24.3 Å². The van der Waals surface area contributed by atoms with Crippen LogP contribution in [-0.2, 0) is 17.6 Å². The molecule has 5 heteroatoms. The van der Waals surface area contributed by atoms with Gasteiger partial charge in [-0.2, -0.15) is 0 Å². The summed E-state index contributed by atoms with van der Waals surface area (Å²) in [6.07, 6.45) is 0.733. The molecule has 110 valence electrons. The largest absolute Gasteiger partial charge is 0.481 e. The second-order valence-electron chi connectivity index (χ2n) is 4.77. The van der Waals surface area contributed by atoms with Crippen molar-refractivity contribution in [2.75, 3.05) is 0 Å². The Balaban J connectivity index is 2.22. The summed E-state index contributed by atoms with van der Waals surface area (Å²) in [5, 5.41) is 10.5. The van der Waals surface area contributed by atoms with Gasteiger partial charge in [-0.1, -0.05) is 57.3 Å². The van der Waals surface area contributed by atoms with E-state index in [0.717, 1.165) is 10.0 Å². The van der Waals surface area contributed by atoms with Gasteiger partial charge in [-0.05, 0) is 48.2 Å². The van der Waals surface area contributed by atoms with Crippen LogP contribution in [0, 0.1) is 5.92 Å². The maximum absolute atomic E-state index is 11.5. The molecule has 0 aliphatic rings. The number of halogens is 3. The van der Waals surface area contributed by atoms with Crippen LogP contribution in [0.2, 0.25) is 10.0 Å². The summed E-state index contributed by atoms with van der Waals surface area (Å²) in [5.74, 6) is -1.43. The molecule has 0 saturated carbocycles. The van der Waals surface area contributed by atoms with Gasteiger partial charge in [0.05, 0.1) is 5.92 Å². The second kappa shape index (κ2) is 7.30. The van der Waals surface area contributed by atoms with E-state index in [1.165, 1.54) is 0 Å². The minimum absolute atomic E-state index is 0.306. The number of hydrogen-bond donors (Lipinski definition) is 1. The van der Waals surface area contributed by atoms with Crippen LogP contribution in [-0.4, -0.2) is 11.1 Å². The van der Waals surface area contributed by atoms with Crippen molar-refractivity contribution >= 4 is 45.1 Å². The second-order valence-corrected chi connectivity index (χ2v) is 6.50. The Bertz CT molecular complexity index is 638. The predicted molar refractivity (Wildman–Crippen MR) is 89.1 cm³/mol. The molecule has 2 nitrogen and oxygen atoms in total. The molecule has 0 saturated heterocycles. The number of hydrogen-bond acceptors (Lipinski definition) is 1. The van der Waals surface area contributed by atoms with Gasteiger partial charge in [0.1, 0.15) is 0 Å². The third-order valence-electron chi connectivity index (χ3n) is 3.23. The first-order chi connectivity index (χ1) is 9.97. The number of rotatable bonds is 5. The molecule has 0 fully saturated rings. The van der Waals surface area contributed by atoms with Crippen LogP contribution >= 0.6 is 39.1 Å². The number of carboxylic acid groups (broad SMARTS) is 1. The molecule has 0 bridgehead atoms. The Morgan fingerprint density at radius 2 is 1.71 bits per heavy atom. The van der Waals surface area contributed by atoms with Crippen molar-refractivity contribution in [3.8, 4) is 0 Å². The number of carboxylic acids is 1. The highest BCUT2D eigenvalue weighted by Gasteiger charge is 2.21. The van der Waals surface area contributed by atoms with Crippen molar-refractivity contribution < 1.29 is 9.90 Å². The van der Waals surface area contributed by atoms with Crippen molar-refractivity contribution in [1.29, 1.82) is 0 Å². The van der Waals surface area contributed by atoms with Gasteiger partial charge in [0, 0.05) is 14.5 Å². The monoisotopic (exact) mass is 386 g/mol. The highest BCUT2D eigenvalue weighted by Crippen LogP contribution is 2.28. The summed E-state index contributed by atoms with van der Waals surface area (Å²) in [5.41, 5.74) is 1.64. The van der Waals surface area contributed by atoms with Gasteiger partial charge in [-0.3, -0.25) is 4.79 Å². The fourth-order valence-corrected chi connectivity index (χ4v) is 3.17. The van der Waals surface area contributed by atoms with E-state index in [2.05, 4.69) is 15.9 Å². The quantitative estimate of drug-likeness (QED) is 0.761. The Hall–Kier alpha value is -1.03. The Morgan fingerprint density at radius 1 is 1.10 bits per heavy atom. The first-order valence-corrected chi connectivity index (χ1v) is 7.92. The lowest BCUT2D eigenvalue weighted by Crippen LogP contribution is -2.19. The summed E-state index contributed by atoms with van der Waals surface area (Å²) in [6.45, 7) is 0. The van der Waals surface area contributed by atoms with E-state index >= 15 is 0 Å². The van der Waals surface area contributed by atoms with Crippen LogP contribution < -0.4 is 0 Å². The number of aliphatic carboxylic acids is 1. The van der Waals surface area contributed by atoms with Gasteiger partial charge >= 0.3 is 5.97 Å².